The fourth-order valence-corrected chi connectivity index (χ4v) is 5.67. The maximum absolute atomic E-state index is 12.8. The van der Waals surface area contributed by atoms with Crippen molar-refractivity contribution in [1.29, 1.82) is 0 Å². The Labute approximate surface area is 182 Å². The number of benzene rings is 1. The summed E-state index contributed by atoms with van der Waals surface area (Å²) in [4.78, 5) is 25.1. The average Bonchev–Trinajstić information content (AvgIpc) is 3.53. The fourth-order valence-electron chi connectivity index (χ4n) is 5.67. The van der Waals surface area contributed by atoms with Crippen LogP contribution >= 0.6 is 0 Å². The van der Waals surface area contributed by atoms with Gasteiger partial charge in [0.2, 0.25) is 12.6 Å². The molecule has 2 heterocycles. The molecular weight excluding hydrogens is 394 g/mol. The quantitative estimate of drug-likeness (QED) is 0.487. The van der Waals surface area contributed by atoms with Crippen LogP contribution in [-0.2, 0) is 16.1 Å². The molecule has 1 aromatic carbocycles. The highest BCUT2D eigenvalue weighted by Crippen LogP contribution is 2.49. The molecule has 2 bridgehead atoms. The zero-order valence-corrected chi connectivity index (χ0v) is 18.2. The Balaban J connectivity index is 1.20. The highest BCUT2D eigenvalue weighted by Gasteiger charge is 2.40. The molecule has 3 atom stereocenters. The van der Waals surface area contributed by atoms with Crippen molar-refractivity contribution in [2.75, 3.05) is 13.4 Å². The average molecular weight is 424 g/mol. The second-order valence-electron chi connectivity index (χ2n) is 9.28. The number of ketones is 1. The van der Waals surface area contributed by atoms with Crippen LogP contribution in [0.2, 0.25) is 0 Å². The number of aryl methyl sites for hydroxylation is 1. The van der Waals surface area contributed by atoms with Gasteiger partial charge in [-0.25, -0.2) is 0 Å². The summed E-state index contributed by atoms with van der Waals surface area (Å²) in [5.74, 6) is 3.06. The number of hydrogen-bond acceptors (Lipinski definition) is 5. The zero-order valence-electron chi connectivity index (χ0n) is 18.2. The number of ether oxygens (including phenoxy) is 3. The molecule has 2 saturated carbocycles. The number of esters is 1. The van der Waals surface area contributed by atoms with Crippen LogP contribution in [-0.4, -0.2) is 29.7 Å². The third kappa shape index (κ3) is 3.95. The predicted octanol–water partition coefficient (Wildman–Crippen LogP) is 4.43. The first kappa shape index (κ1) is 20.2. The van der Waals surface area contributed by atoms with Gasteiger partial charge in [0.1, 0.15) is 0 Å². The molecule has 0 unspecified atom stereocenters. The molecule has 1 aliphatic heterocycles. The summed E-state index contributed by atoms with van der Waals surface area (Å²) in [7, 11) is 0. The van der Waals surface area contributed by atoms with Gasteiger partial charge in [-0.2, -0.15) is 0 Å². The second kappa shape index (κ2) is 8.06. The van der Waals surface area contributed by atoms with E-state index in [1.165, 1.54) is 19.3 Å². The predicted molar refractivity (Wildman–Crippen MR) is 114 cm³/mol. The molecule has 2 fully saturated rings. The SMILES string of the molecule is Cc1cc(C(=O)COC(=O)C[C@@H]2C[C@H]3CC[C@H]2C3)c(C)n1Cc1ccc2c(c1)OCO2. The molecule has 5 rings (SSSR count). The lowest BCUT2D eigenvalue weighted by atomic mass is 9.86. The number of carbonyl (C=O) groups is 2. The van der Waals surface area contributed by atoms with Gasteiger partial charge in [0.05, 0.1) is 0 Å². The van der Waals surface area contributed by atoms with Gasteiger partial charge in [0, 0.05) is 29.9 Å². The number of nitrogens with zero attached hydrogens (tertiary/aromatic N) is 1. The minimum absolute atomic E-state index is 0.147. The van der Waals surface area contributed by atoms with E-state index < -0.39 is 0 Å². The van der Waals surface area contributed by atoms with Crippen LogP contribution in [0.1, 0.15) is 59.4 Å². The van der Waals surface area contributed by atoms with Gasteiger partial charge >= 0.3 is 5.97 Å². The van der Waals surface area contributed by atoms with E-state index >= 15 is 0 Å². The molecule has 1 aromatic heterocycles. The maximum Gasteiger partial charge on any atom is 0.306 e. The topological polar surface area (TPSA) is 66.8 Å². The monoisotopic (exact) mass is 423 g/mol. The molecule has 31 heavy (non-hydrogen) atoms. The number of Topliss-reactive ketones (excluding diaryl/α,β-unsaturated/α-hetero) is 1. The Morgan fingerprint density at radius 3 is 2.71 bits per heavy atom. The number of hydrogen-bond donors (Lipinski definition) is 0. The van der Waals surface area contributed by atoms with E-state index in [0.29, 0.717) is 30.4 Å². The van der Waals surface area contributed by atoms with Crippen LogP contribution in [0.5, 0.6) is 11.5 Å². The van der Waals surface area contributed by atoms with Crippen LogP contribution in [0.25, 0.3) is 0 Å². The number of aromatic nitrogens is 1. The van der Waals surface area contributed by atoms with E-state index in [4.69, 9.17) is 14.2 Å². The van der Waals surface area contributed by atoms with Crippen molar-refractivity contribution in [3.05, 3.63) is 46.8 Å². The van der Waals surface area contributed by atoms with Gasteiger partial charge in [-0.05, 0) is 74.6 Å². The van der Waals surface area contributed by atoms with Gasteiger partial charge < -0.3 is 18.8 Å². The molecule has 2 aliphatic carbocycles. The van der Waals surface area contributed by atoms with Crippen LogP contribution in [0, 0.1) is 31.6 Å². The minimum Gasteiger partial charge on any atom is -0.457 e. The number of rotatable bonds is 7. The van der Waals surface area contributed by atoms with Crippen molar-refractivity contribution in [2.24, 2.45) is 17.8 Å². The molecule has 164 valence electrons. The first-order valence-electron chi connectivity index (χ1n) is 11.2. The summed E-state index contributed by atoms with van der Waals surface area (Å²) in [6.07, 6.45) is 5.44. The van der Waals surface area contributed by atoms with Gasteiger partial charge in [0.25, 0.3) is 0 Å². The summed E-state index contributed by atoms with van der Waals surface area (Å²) in [5, 5.41) is 0. The smallest absolute Gasteiger partial charge is 0.306 e. The van der Waals surface area contributed by atoms with E-state index in [2.05, 4.69) is 4.57 Å². The summed E-state index contributed by atoms with van der Waals surface area (Å²) in [5.41, 5.74) is 3.56. The minimum atomic E-state index is -0.236. The molecule has 3 aliphatic rings. The summed E-state index contributed by atoms with van der Waals surface area (Å²) >= 11 is 0. The highest BCUT2D eigenvalue weighted by molar-refractivity contribution is 5.99. The number of fused-ring (bicyclic) bond motifs is 3. The first-order valence-corrected chi connectivity index (χ1v) is 11.2. The Bertz CT molecular complexity index is 1020. The van der Waals surface area contributed by atoms with E-state index in [9.17, 15) is 9.59 Å². The third-order valence-electron chi connectivity index (χ3n) is 7.33. The lowest BCUT2D eigenvalue weighted by Gasteiger charge is -2.20. The molecule has 6 heteroatoms. The molecule has 0 saturated heterocycles. The molecule has 0 N–H and O–H groups in total. The van der Waals surface area contributed by atoms with E-state index in [1.54, 1.807) is 0 Å². The summed E-state index contributed by atoms with van der Waals surface area (Å²) in [6.45, 7) is 4.61. The van der Waals surface area contributed by atoms with Crippen molar-refractivity contribution >= 4 is 11.8 Å². The molecular formula is C25H29NO5. The van der Waals surface area contributed by atoms with Crippen LogP contribution in [0.3, 0.4) is 0 Å². The first-order chi connectivity index (χ1) is 15.0. The van der Waals surface area contributed by atoms with Gasteiger partial charge in [-0.3, -0.25) is 9.59 Å². The lowest BCUT2D eigenvalue weighted by molar-refractivity contribution is -0.144. The Hall–Kier alpha value is -2.76. The Morgan fingerprint density at radius 2 is 1.94 bits per heavy atom. The Kier molecular flexibility index (Phi) is 5.24. The maximum atomic E-state index is 12.8. The lowest BCUT2D eigenvalue weighted by Crippen LogP contribution is -2.20. The van der Waals surface area contributed by atoms with Crippen molar-refractivity contribution in [1.82, 2.24) is 4.57 Å². The van der Waals surface area contributed by atoms with Crippen molar-refractivity contribution in [2.45, 2.75) is 52.5 Å². The fraction of sp³-hybridized carbons (Fsp3) is 0.520. The number of carbonyl (C=O) groups excluding carboxylic acids is 2. The second-order valence-corrected chi connectivity index (χ2v) is 9.28. The highest BCUT2D eigenvalue weighted by atomic mass is 16.7. The Morgan fingerprint density at radius 1 is 1.10 bits per heavy atom. The molecule has 2 aromatic rings. The van der Waals surface area contributed by atoms with Gasteiger partial charge in [0.15, 0.2) is 18.1 Å². The summed E-state index contributed by atoms with van der Waals surface area (Å²) < 4.78 is 18.3. The van der Waals surface area contributed by atoms with Gasteiger partial charge in [-0.15, -0.1) is 0 Å². The normalized spacial score (nSPS) is 23.4. The molecule has 0 amide bonds. The summed E-state index contributed by atoms with van der Waals surface area (Å²) in [6, 6.07) is 7.77. The molecule has 6 nitrogen and oxygen atoms in total. The zero-order chi connectivity index (χ0) is 21.5. The van der Waals surface area contributed by atoms with E-state index in [-0.39, 0.29) is 25.2 Å². The van der Waals surface area contributed by atoms with E-state index in [1.807, 2.05) is 38.1 Å². The standard InChI is InChI=1S/C25H29NO5/c1-15-7-21(16(2)26(15)12-18-4-6-23-24(10-18)31-14-30-23)22(27)13-29-25(28)11-20-9-17-3-5-19(20)8-17/h4,6-7,10,17,19-20H,3,5,8-9,11-14H2,1-2H3/t17-,19-,20-/m0/s1. The third-order valence-corrected chi connectivity index (χ3v) is 7.33. The van der Waals surface area contributed by atoms with Gasteiger partial charge in [-0.1, -0.05) is 12.5 Å². The largest absolute Gasteiger partial charge is 0.457 e. The van der Waals surface area contributed by atoms with Crippen molar-refractivity contribution in [3.8, 4) is 11.5 Å². The van der Waals surface area contributed by atoms with Crippen LogP contribution < -0.4 is 9.47 Å². The van der Waals surface area contributed by atoms with Crippen LogP contribution in [0.15, 0.2) is 24.3 Å². The molecule has 0 radical (unpaired) electrons. The van der Waals surface area contributed by atoms with Crippen molar-refractivity contribution in [3.63, 3.8) is 0 Å². The molecule has 0 spiro atoms. The van der Waals surface area contributed by atoms with E-state index in [0.717, 1.165) is 40.8 Å². The van der Waals surface area contributed by atoms with Crippen LogP contribution in [0.4, 0.5) is 0 Å². The van der Waals surface area contributed by atoms with Crippen molar-refractivity contribution < 1.29 is 23.8 Å².